The van der Waals surface area contributed by atoms with Gasteiger partial charge in [0.25, 0.3) is 0 Å². The van der Waals surface area contributed by atoms with Crippen molar-refractivity contribution in [2.24, 2.45) is 0 Å². The van der Waals surface area contributed by atoms with Crippen LogP contribution in [0, 0.1) is 6.92 Å². The second kappa shape index (κ2) is 10.1. The first kappa shape index (κ1) is 22.3. The van der Waals surface area contributed by atoms with Gasteiger partial charge in [0.15, 0.2) is 10.2 Å². The zero-order valence-corrected chi connectivity index (χ0v) is 19.0. The number of aryl methyl sites for hydroxylation is 1. The molecule has 3 rings (SSSR count). The number of carbonyl (C=O) groups is 2. The smallest absolute Gasteiger partial charge is 0.236 e. The third-order valence-electron chi connectivity index (χ3n) is 3.53. The molecular formula is C18H16Cl2N6O2S2. The van der Waals surface area contributed by atoms with Crippen LogP contribution in [0.5, 0.6) is 0 Å². The first-order valence-corrected chi connectivity index (χ1v) is 11.1. The van der Waals surface area contributed by atoms with Crippen molar-refractivity contribution in [3.05, 3.63) is 46.1 Å². The van der Waals surface area contributed by atoms with Crippen molar-refractivity contribution in [3.63, 3.8) is 0 Å². The lowest BCUT2D eigenvalue weighted by molar-refractivity contribution is -0.114. The molecule has 0 aliphatic heterocycles. The quantitative estimate of drug-likeness (QED) is 0.407. The third-order valence-corrected chi connectivity index (χ3v) is 6.17. The number of nitrogens with zero attached hydrogens (tertiary/aromatic N) is 3. The molecule has 0 fully saturated rings. The van der Waals surface area contributed by atoms with Crippen molar-refractivity contribution in [1.29, 1.82) is 0 Å². The average Bonchev–Trinajstić information content (AvgIpc) is 3.11. The first-order chi connectivity index (χ1) is 14.3. The molecular weight excluding hydrogens is 467 g/mol. The molecule has 0 bridgehead atoms. The number of rotatable bonds is 7. The average molecular weight is 483 g/mol. The van der Waals surface area contributed by atoms with Crippen molar-refractivity contribution >= 4 is 80.4 Å². The molecule has 2 aromatic heterocycles. The lowest BCUT2D eigenvalue weighted by atomic mass is 10.3. The summed E-state index contributed by atoms with van der Waals surface area (Å²) in [6.07, 6.45) is 0. The summed E-state index contributed by atoms with van der Waals surface area (Å²) in [6.45, 7) is 3.17. The number of nitrogens with one attached hydrogen (secondary N) is 3. The number of hydrogen-bond donors (Lipinski definition) is 3. The van der Waals surface area contributed by atoms with E-state index in [1.165, 1.54) is 36.1 Å². The van der Waals surface area contributed by atoms with Crippen LogP contribution in [0.15, 0.2) is 34.7 Å². The number of hydrogen-bond acceptors (Lipinski definition) is 8. The van der Waals surface area contributed by atoms with Crippen molar-refractivity contribution < 1.29 is 9.59 Å². The molecule has 156 valence electrons. The summed E-state index contributed by atoms with van der Waals surface area (Å²) < 4.78 is 0.622. The molecule has 0 aliphatic carbocycles. The van der Waals surface area contributed by atoms with Gasteiger partial charge < -0.3 is 16.0 Å². The molecule has 0 radical (unpaired) electrons. The van der Waals surface area contributed by atoms with Gasteiger partial charge in [-0.25, -0.2) is 4.98 Å². The monoisotopic (exact) mass is 482 g/mol. The number of halogens is 2. The fraction of sp³-hybridized carbons (Fsp3) is 0.167. The van der Waals surface area contributed by atoms with Gasteiger partial charge in [-0.3, -0.25) is 9.59 Å². The maximum absolute atomic E-state index is 12.2. The molecule has 30 heavy (non-hydrogen) atoms. The van der Waals surface area contributed by atoms with Crippen LogP contribution in [0.4, 0.5) is 22.3 Å². The van der Waals surface area contributed by atoms with E-state index in [9.17, 15) is 9.59 Å². The van der Waals surface area contributed by atoms with Gasteiger partial charge in [0, 0.05) is 18.3 Å². The Hall–Kier alpha value is -2.40. The van der Waals surface area contributed by atoms with Gasteiger partial charge in [-0.1, -0.05) is 52.4 Å². The van der Waals surface area contributed by atoms with Crippen molar-refractivity contribution in [2.45, 2.75) is 18.2 Å². The highest BCUT2D eigenvalue weighted by molar-refractivity contribution is 8.01. The van der Waals surface area contributed by atoms with E-state index < -0.39 is 0 Å². The molecule has 0 saturated heterocycles. The highest BCUT2D eigenvalue weighted by atomic mass is 35.5. The Kier molecular flexibility index (Phi) is 7.48. The Bertz CT molecular complexity index is 1090. The van der Waals surface area contributed by atoms with Gasteiger partial charge in [-0.2, -0.15) is 0 Å². The number of pyridine rings is 1. The molecule has 3 aromatic rings. The summed E-state index contributed by atoms with van der Waals surface area (Å²) in [6, 6.07) is 8.77. The number of anilines is 4. The third kappa shape index (κ3) is 6.30. The summed E-state index contributed by atoms with van der Waals surface area (Å²) >= 11 is 14.6. The van der Waals surface area contributed by atoms with E-state index in [0.717, 1.165) is 5.69 Å². The zero-order valence-electron chi connectivity index (χ0n) is 15.8. The van der Waals surface area contributed by atoms with Crippen molar-refractivity contribution in [1.82, 2.24) is 15.2 Å². The standard InChI is InChI=1S/C18H16Cl2N6O2S2/c1-9-13(19)7-14(20)16(21-9)24-15(28)8-29-18-26-25-17(30-18)23-12-5-3-4-11(6-12)22-10(2)27/h3-7H,8H2,1-2H3,(H,22,27)(H,23,25)(H,21,24,28). The predicted molar refractivity (Wildman–Crippen MR) is 122 cm³/mol. The van der Waals surface area contributed by atoms with Gasteiger partial charge in [0.1, 0.15) is 0 Å². The van der Waals surface area contributed by atoms with Crippen LogP contribution in [-0.4, -0.2) is 32.7 Å². The molecule has 2 heterocycles. The van der Waals surface area contributed by atoms with E-state index in [1.807, 2.05) is 12.1 Å². The van der Waals surface area contributed by atoms with E-state index in [2.05, 4.69) is 31.1 Å². The van der Waals surface area contributed by atoms with Crippen LogP contribution in [0.3, 0.4) is 0 Å². The summed E-state index contributed by atoms with van der Waals surface area (Å²) in [4.78, 5) is 27.6. The zero-order chi connectivity index (χ0) is 21.7. The van der Waals surface area contributed by atoms with Crippen LogP contribution in [-0.2, 0) is 9.59 Å². The fourth-order valence-electron chi connectivity index (χ4n) is 2.26. The normalized spacial score (nSPS) is 10.5. The highest BCUT2D eigenvalue weighted by Gasteiger charge is 2.12. The minimum atomic E-state index is -0.274. The number of carbonyl (C=O) groups excluding carboxylic acids is 2. The van der Waals surface area contributed by atoms with E-state index in [0.29, 0.717) is 25.9 Å². The topological polar surface area (TPSA) is 109 Å². The van der Waals surface area contributed by atoms with Crippen LogP contribution in [0.1, 0.15) is 12.6 Å². The van der Waals surface area contributed by atoms with Gasteiger partial charge >= 0.3 is 0 Å². The van der Waals surface area contributed by atoms with Gasteiger partial charge in [0.05, 0.1) is 21.5 Å². The van der Waals surface area contributed by atoms with E-state index >= 15 is 0 Å². The van der Waals surface area contributed by atoms with E-state index in [1.54, 1.807) is 19.1 Å². The summed E-state index contributed by atoms with van der Waals surface area (Å²) in [5.41, 5.74) is 2.00. The lowest BCUT2D eigenvalue weighted by Gasteiger charge is -2.07. The minimum Gasteiger partial charge on any atom is -0.330 e. The Morgan fingerprint density at radius 1 is 1.10 bits per heavy atom. The summed E-state index contributed by atoms with van der Waals surface area (Å²) in [7, 11) is 0. The maximum Gasteiger partial charge on any atom is 0.236 e. The van der Waals surface area contributed by atoms with Crippen molar-refractivity contribution in [3.8, 4) is 0 Å². The Balaban J connectivity index is 1.55. The van der Waals surface area contributed by atoms with Crippen LogP contribution >= 0.6 is 46.3 Å². The molecule has 2 amide bonds. The molecule has 3 N–H and O–H groups in total. The van der Waals surface area contributed by atoms with E-state index in [-0.39, 0.29) is 28.4 Å². The van der Waals surface area contributed by atoms with Crippen LogP contribution in [0.25, 0.3) is 0 Å². The Labute approximate surface area is 190 Å². The van der Waals surface area contributed by atoms with Crippen LogP contribution in [0.2, 0.25) is 10.0 Å². The summed E-state index contributed by atoms with van der Waals surface area (Å²) in [5.74, 6) is -0.0382. The molecule has 0 spiro atoms. The number of aromatic nitrogens is 3. The molecule has 8 nitrogen and oxygen atoms in total. The Morgan fingerprint density at radius 2 is 1.87 bits per heavy atom. The number of thioether (sulfide) groups is 1. The maximum atomic E-state index is 12.2. The number of benzene rings is 1. The second-order valence-electron chi connectivity index (χ2n) is 5.98. The van der Waals surface area contributed by atoms with Gasteiger partial charge in [0.2, 0.25) is 16.9 Å². The molecule has 12 heteroatoms. The largest absolute Gasteiger partial charge is 0.330 e. The highest BCUT2D eigenvalue weighted by Crippen LogP contribution is 2.29. The molecule has 1 aromatic carbocycles. The fourth-order valence-corrected chi connectivity index (χ4v) is 4.24. The van der Waals surface area contributed by atoms with E-state index in [4.69, 9.17) is 23.2 Å². The van der Waals surface area contributed by atoms with Gasteiger partial charge in [-0.15, -0.1) is 10.2 Å². The molecule has 0 aliphatic rings. The number of amides is 2. The molecule has 0 atom stereocenters. The second-order valence-corrected chi connectivity index (χ2v) is 9.00. The van der Waals surface area contributed by atoms with Gasteiger partial charge in [-0.05, 0) is 31.2 Å². The Morgan fingerprint density at radius 3 is 2.63 bits per heavy atom. The minimum absolute atomic E-state index is 0.117. The predicted octanol–water partition coefficient (Wildman–Crippen LogP) is 4.98. The lowest BCUT2D eigenvalue weighted by Crippen LogP contribution is -2.15. The summed E-state index contributed by atoms with van der Waals surface area (Å²) in [5, 5.41) is 17.9. The van der Waals surface area contributed by atoms with Crippen molar-refractivity contribution in [2.75, 3.05) is 21.7 Å². The molecule has 0 saturated carbocycles. The first-order valence-electron chi connectivity index (χ1n) is 8.53. The SMILES string of the molecule is CC(=O)Nc1cccc(Nc2nnc(SCC(=O)Nc3nc(C)c(Cl)cc3Cl)s2)c1. The van der Waals surface area contributed by atoms with Crippen LogP contribution < -0.4 is 16.0 Å². The molecule has 0 unspecified atom stereocenters.